The van der Waals surface area contributed by atoms with Gasteiger partial charge in [-0.1, -0.05) is 0 Å². The van der Waals surface area contributed by atoms with Crippen molar-refractivity contribution < 1.29 is 28.7 Å². The largest absolute Gasteiger partial charge is 0.460 e. The minimum absolute atomic E-state index is 0.00204. The van der Waals surface area contributed by atoms with E-state index in [0.29, 0.717) is 5.69 Å². The Kier molecular flexibility index (Phi) is 7.70. The highest BCUT2D eigenvalue weighted by atomic mass is 16.6. The number of esters is 1. The first kappa shape index (κ1) is 27.0. The Morgan fingerprint density at radius 3 is 2.00 bits per heavy atom. The van der Waals surface area contributed by atoms with E-state index in [1.165, 1.54) is 32.2 Å². The van der Waals surface area contributed by atoms with Gasteiger partial charge in [-0.3, -0.25) is 14.9 Å². The van der Waals surface area contributed by atoms with Gasteiger partial charge in [-0.05, 0) is 33.8 Å². The average Bonchev–Trinajstić information content (AvgIpc) is 3.43. The van der Waals surface area contributed by atoms with Crippen molar-refractivity contribution in [3.05, 3.63) is 42.0 Å². The Bertz CT molecular complexity index is 1340. The van der Waals surface area contributed by atoms with Crippen LogP contribution >= 0.6 is 0 Å². The van der Waals surface area contributed by atoms with Crippen molar-refractivity contribution in [3.8, 4) is 0 Å². The molecule has 3 amide bonds. The predicted octanol–water partition coefficient (Wildman–Crippen LogP) is 2.52. The van der Waals surface area contributed by atoms with E-state index in [-0.39, 0.29) is 35.6 Å². The molecule has 14 nitrogen and oxygen atoms in total. The van der Waals surface area contributed by atoms with Crippen molar-refractivity contribution >= 4 is 41.2 Å². The summed E-state index contributed by atoms with van der Waals surface area (Å²) < 4.78 is 14.5. The number of imidazole rings is 2. The van der Waals surface area contributed by atoms with E-state index in [4.69, 9.17) is 9.47 Å². The van der Waals surface area contributed by atoms with Crippen molar-refractivity contribution in [2.45, 2.75) is 33.3 Å². The van der Waals surface area contributed by atoms with Gasteiger partial charge in [0.2, 0.25) is 11.6 Å². The fourth-order valence-electron chi connectivity index (χ4n) is 3.28. The number of anilines is 3. The third-order valence-electron chi connectivity index (χ3n) is 4.78. The lowest BCUT2D eigenvalue weighted by Crippen LogP contribution is -2.27. The summed E-state index contributed by atoms with van der Waals surface area (Å²) in [5, 5.41) is 7.78. The van der Waals surface area contributed by atoms with Crippen LogP contribution in [0.2, 0.25) is 0 Å². The molecule has 0 aliphatic heterocycles. The Morgan fingerprint density at radius 2 is 1.41 bits per heavy atom. The van der Waals surface area contributed by atoms with Crippen LogP contribution in [0.15, 0.2) is 24.7 Å². The molecular formula is C23H30N8O6. The van der Waals surface area contributed by atoms with Crippen molar-refractivity contribution in [1.29, 1.82) is 0 Å². The number of aromatic nitrogens is 5. The van der Waals surface area contributed by atoms with Gasteiger partial charge in [-0.25, -0.2) is 19.6 Å². The third kappa shape index (κ3) is 6.74. The fourth-order valence-corrected chi connectivity index (χ4v) is 3.28. The lowest BCUT2D eigenvalue weighted by atomic mass is 10.2. The van der Waals surface area contributed by atoms with E-state index in [1.54, 1.807) is 55.0 Å². The molecule has 0 aromatic carbocycles. The summed E-state index contributed by atoms with van der Waals surface area (Å²) in [4.78, 5) is 57.8. The number of nitrogens with zero attached hydrogens (tertiary/aromatic N) is 5. The molecule has 14 heteroatoms. The maximum Gasteiger partial charge on any atom is 0.412 e. The van der Waals surface area contributed by atoms with Crippen LogP contribution in [-0.4, -0.2) is 59.8 Å². The highest BCUT2D eigenvalue weighted by Crippen LogP contribution is 2.17. The van der Waals surface area contributed by atoms with Crippen LogP contribution in [0.5, 0.6) is 0 Å². The van der Waals surface area contributed by atoms with Gasteiger partial charge >= 0.3 is 12.1 Å². The molecule has 0 fully saturated rings. The molecule has 0 bridgehead atoms. The number of aryl methyl sites for hydroxylation is 3. The van der Waals surface area contributed by atoms with Crippen LogP contribution in [0.1, 0.15) is 59.4 Å². The topological polar surface area (TPSA) is 163 Å². The Balaban J connectivity index is 1.68. The SMILES string of the molecule is CCOC(=O)c1nc(NC(=O)c2nc(NC(=O)c3cc(NC(=O)OC(C)(C)C)cn3C)cn2C)cn1C. The standard InChI is InChI=1S/C23H30N8O6/c1-8-36-21(34)18-26-16(12-31(18)7)28-20(33)17-25-15(11-30(17)6)27-19(32)14-9-13(10-29(14)5)24-22(35)37-23(2,3)4/h9-12H,8H2,1-7H3,(H,24,35)(H,27,32)(H,28,33). The van der Waals surface area contributed by atoms with Gasteiger partial charge in [-0.15, -0.1) is 0 Å². The van der Waals surface area contributed by atoms with Gasteiger partial charge in [0.1, 0.15) is 11.3 Å². The maximum absolute atomic E-state index is 12.8. The predicted molar refractivity (Wildman–Crippen MR) is 134 cm³/mol. The Labute approximate surface area is 213 Å². The summed E-state index contributed by atoms with van der Waals surface area (Å²) in [6.07, 6.45) is 3.85. The monoisotopic (exact) mass is 514 g/mol. The van der Waals surface area contributed by atoms with Gasteiger partial charge in [-0.2, -0.15) is 0 Å². The molecule has 3 rings (SSSR count). The molecule has 0 saturated carbocycles. The molecule has 0 spiro atoms. The molecule has 0 atom stereocenters. The third-order valence-corrected chi connectivity index (χ3v) is 4.78. The molecule has 0 radical (unpaired) electrons. The van der Waals surface area contributed by atoms with Gasteiger partial charge in [0.05, 0.1) is 12.3 Å². The summed E-state index contributed by atoms with van der Waals surface area (Å²) in [6.45, 7) is 7.11. The number of hydrogen-bond acceptors (Lipinski definition) is 8. The summed E-state index contributed by atoms with van der Waals surface area (Å²) in [7, 11) is 4.83. The highest BCUT2D eigenvalue weighted by Gasteiger charge is 2.22. The number of ether oxygens (including phenoxy) is 2. The molecule has 3 N–H and O–H groups in total. The first-order chi connectivity index (χ1) is 17.3. The molecule has 3 heterocycles. The van der Waals surface area contributed by atoms with Crippen LogP contribution in [0, 0.1) is 0 Å². The Morgan fingerprint density at radius 1 is 0.838 bits per heavy atom. The van der Waals surface area contributed by atoms with Crippen molar-refractivity contribution in [3.63, 3.8) is 0 Å². The number of hydrogen-bond donors (Lipinski definition) is 3. The minimum atomic E-state index is -0.665. The van der Waals surface area contributed by atoms with E-state index in [2.05, 4.69) is 25.9 Å². The quantitative estimate of drug-likeness (QED) is 0.405. The fraction of sp³-hybridized carbons (Fsp3) is 0.391. The first-order valence-electron chi connectivity index (χ1n) is 11.3. The van der Waals surface area contributed by atoms with Crippen LogP contribution in [0.3, 0.4) is 0 Å². The van der Waals surface area contributed by atoms with Crippen LogP contribution in [-0.2, 0) is 30.6 Å². The molecule has 0 aliphatic rings. The zero-order chi connectivity index (χ0) is 27.5. The lowest BCUT2D eigenvalue weighted by Gasteiger charge is -2.19. The zero-order valence-electron chi connectivity index (χ0n) is 21.7. The van der Waals surface area contributed by atoms with E-state index >= 15 is 0 Å². The number of rotatable bonds is 7. The van der Waals surface area contributed by atoms with Gasteiger partial charge in [0.25, 0.3) is 11.8 Å². The van der Waals surface area contributed by atoms with Crippen LogP contribution < -0.4 is 16.0 Å². The second-order valence-corrected chi connectivity index (χ2v) is 9.10. The molecule has 198 valence electrons. The number of nitrogens with one attached hydrogen (secondary N) is 3. The smallest absolute Gasteiger partial charge is 0.412 e. The molecule has 0 unspecified atom stereocenters. The second-order valence-electron chi connectivity index (χ2n) is 9.10. The van der Waals surface area contributed by atoms with Gasteiger partial charge in [0, 0.05) is 39.7 Å². The van der Waals surface area contributed by atoms with Gasteiger partial charge < -0.3 is 33.8 Å². The zero-order valence-corrected chi connectivity index (χ0v) is 21.7. The van der Waals surface area contributed by atoms with Crippen molar-refractivity contribution in [2.75, 3.05) is 22.6 Å². The van der Waals surface area contributed by atoms with E-state index in [1.807, 2.05) is 0 Å². The van der Waals surface area contributed by atoms with E-state index in [9.17, 15) is 19.2 Å². The number of carbonyl (C=O) groups excluding carboxylic acids is 4. The van der Waals surface area contributed by atoms with Crippen LogP contribution in [0.4, 0.5) is 22.1 Å². The second kappa shape index (κ2) is 10.6. The molecular weight excluding hydrogens is 484 g/mol. The first-order valence-corrected chi connectivity index (χ1v) is 11.3. The van der Waals surface area contributed by atoms with Crippen molar-refractivity contribution in [1.82, 2.24) is 23.7 Å². The minimum Gasteiger partial charge on any atom is -0.460 e. The normalized spacial score (nSPS) is 11.1. The van der Waals surface area contributed by atoms with E-state index < -0.39 is 29.5 Å². The summed E-state index contributed by atoms with van der Waals surface area (Å²) in [5.41, 5.74) is -0.0508. The summed E-state index contributed by atoms with van der Waals surface area (Å²) in [6, 6.07) is 1.48. The molecule has 0 saturated heterocycles. The molecule has 37 heavy (non-hydrogen) atoms. The van der Waals surface area contributed by atoms with E-state index in [0.717, 1.165) is 0 Å². The lowest BCUT2D eigenvalue weighted by molar-refractivity contribution is 0.0507. The van der Waals surface area contributed by atoms with Gasteiger partial charge in [0.15, 0.2) is 11.6 Å². The molecule has 3 aromatic heterocycles. The van der Waals surface area contributed by atoms with Crippen molar-refractivity contribution in [2.24, 2.45) is 21.1 Å². The summed E-state index contributed by atoms with van der Waals surface area (Å²) in [5.74, 6) is -1.41. The van der Waals surface area contributed by atoms with Crippen LogP contribution in [0.25, 0.3) is 0 Å². The highest BCUT2D eigenvalue weighted by molar-refractivity contribution is 6.05. The number of amides is 3. The molecule has 0 aliphatic carbocycles. The molecule has 3 aromatic rings. The Hall–Kier alpha value is -4.62. The maximum atomic E-state index is 12.8. The average molecular weight is 515 g/mol. The number of carbonyl (C=O) groups is 4. The summed E-state index contributed by atoms with van der Waals surface area (Å²) >= 11 is 0.